The molecule has 2 aromatic rings. The zero-order chi connectivity index (χ0) is 16.9. The fourth-order valence-electron chi connectivity index (χ4n) is 2.66. The maximum absolute atomic E-state index is 12.0. The van der Waals surface area contributed by atoms with Crippen molar-refractivity contribution in [1.29, 1.82) is 0 Å². The topological polar surface area (TPSA) is 58.2 Å². The van der Waals surface area contributed by atoms with Crippen LogP contribution in [0.3, 0.4) is 0 Å². The number of carbonyl (C=O) groups is 2. The van der Waals surface area contributed by atoms with Crippen LogP contribution in [-0.4, -0.2) is 17.6 Å². The van der Waals surface area contributed by atoms with E-state index in [1.54, 1.807) is 24.3 Å². The van der Waals surface area contributed by atoms with Crippen molar-refractivity contribution in [2.24, 2.45) is 0 Å². The highest BCUT2D eigenvalue weighted by Gasteiger charge is 2.13. The molecule has 0 spiro atoms. The van der Waals surface area contributed by atoms with Gasteiger partial charge in [0.15, 0.2) is 0 Å². The third-order valence-corrected chi connectivity index (χ3v) is 5.20. The van der Waals surface area contributed by atoms with Gasteiger partial charge < -0.3 is 0 Å². The molecular weight excluding hydrogens is 344 g/mol. The Labute approximate surface area is 149 Å². The number of hydrazine groups is 1. The fraction of sp³-hybridized carbons (Fsp3) is 0.222. The predicted molar refractivity (Wildman–Crippen MR) is 96.3 cm³/mol. The molecule has 2 aromatic carbocycles. The Balaban J connectivity index is 1.48. The van der Waals surface area contributed by atoms with Gasteiger partial charge in [0.2, 0.25) is 5.91 Å². The van der Waals surface area contributed by atoms with Crippen LogP contribution in [0.25, 0.3) is 0 Å². The lowest BCUT2D eigenvalue weighted by atomic mass is 10.1. The SMILES string of the molecule is O=C(CSc1ccc2c(c1)CCC2)NNC(=O)c1ccccc1Cl. The summed E-state index contributed by atoms with van der Waals surface area (Å²) in [7, 11) is 0. The quantitative estimate of drug-likeness (QED) is 0.649. The number of hydrogen-bond acceptors (Lipinski definition) is 3. The van der Waals surface area contributed by atoms with Gasteiger partial charge in [-0.25, -0.2) is 0 Å². The molecule has 0 unspecified atom stereocenters. The van der Waals surface area contributed by atoms with Crippen LogP contribution in [0, 0.1) is 0 Å². The average Bonchev–Trinajstić information content (AvgIpc) is 3.06. The minimum absolute atomic E-state index is 0.238. The van der Waals surface area contributed by atoms with Crippen LogP contribution in [0.2, 0.25) is 5.02 Å². The molecule has 0 fully saturated rings. The van der Waals surface area contributed by atoms with Crippen LogP contribution >= 0.6 is 23.4 Å². The molecule has 0 atom stereocenters. The first kappa shape index (κ1) is 16.9. The Morgan fingerprint density at radius 3 is 2.67 bits per heavy atom. The van der Waals surface area contributed by atoms with Crippen LogP contribution in [0.5, 0.6) is 0 Å². The highest BCUT2D eigenvalue weighted by atomic mass is 35.5. The van der Waals surface area contributed by atoms with Crippen molar-refractivity contribution < 1.29 is 9.59 Å². The third-order valence-electron chi connectivity index (χ3n) is 3.87. The Bertz CT molecular complexity index is 779. The van der Waals surface area contributed by atoms with Gasteiger partial charge in [0, 0.05) is 4.90 Å². The molecule has 0 saturated carbocycles. The van der Waals surface area contributed by atoms with Gasteiger partial charge in [-0.15, -0.1) is 11.8 Å². The molecule has 1 aliphatic carbocycles. The zero-order valence-electron chi connectivity index (χ0n) is 13.0. The molecule has 124 valence electrons. The van der Waals surface area contributed by atoms with Gasteiger partial charge in [0.25, 0.3) is 5.91 Å². The standard InChI is InChI=1S/C18H17ClN2O2S/c19-16-7-2-1-6-15(16)18(23)21-20-17(22)11-24-14-9-8-12-4-3-5-13(12)10-14/h1-2,6-10H,3-5,11H2,(H,20,22)(H,21,23). The molecule has 0 aliphatic heterocycles. The second-order valence-electron chi connectivity index (χ2n) is 5.55. The lowest BCUT2D eigenvalue weighted by Crippen LogP contribution is -2.42. The van der Waals surface area contributed by atoms with Crippen molar-refractivity contribution in [1.82, 2.24) is 10.9 Å². The van der Waals surface area contributed by atoms with Crippen LogP contribution in [0.4, 0.5) is 0 Å². The molecule has 0 aromatic heterocycles. The van der Waals surface area contributed by atoms with E-state index < -0.39 is 5.91 Å². The summed E-state index contributed by atoms with van der Waals surface area (Å²) in [5.41, 5.74) is 7.91. The third kappa shape index (κ3) is 4.10. The van der Waals surface area contributed by atoms with Crippen molar-refractivity contribution in [2.75, 3.05) is 5.75 Å². The van der Waals surface area contributed by atoms with E-state index >= 15 is 0 Å². The van der Waals surface area contributed by atoms with Gasteiger partial charge in [0.1, 0.15) is 0 Å². The molecule has 0 saturated heterocycles. The number of fused-ring (bicyclic) bond motifs is 1. The first-order valence-corrected chi connectivity index (χ1v) is 9.08. The molecule has 6 heteroatoms. The number of amides is 2. The van der Waals surface area contributed by atoms with Crippen molar-refractivity contribution in [3.05, 3.63) is 64.2 Å². The highest BCUT2D eigenvalue weighted by molar-refractivity contribution is 8.00. The lowest BCUT2D eigenvalue weighted by molar-refractivity contribution is -0.119. The summed E-state index contributed by atoms with van der Waals surface area (Å²) in [6.45, 7) is 0. The normalized spacial score (nSPS) is 12.5. The summed E-state index contributed by atoms with van der Waals surface area (Å²) in [6, 6.07) is 13.0. The number of hydrogen-bond donors (Lipinski definition) is 2. The second kappa shape index (κ2) is 7.73. The van der Waals surface area contributed by atoms with E-state index in [1.807, 2.05) is 6.07 Å². The van der Waals surface area contributed by atoms with Gasteiger partial charge >= 0.3 is 0 Å². The van der Waals surface area contributed by atoms with Gasteiger partial charge in [-0.1, -0.05) is 29.8 Å². The summed E-state index contributed by atoms with van der Waals surface area (Å²) >= 11 is 7.40. The molecule has 1 aliphatic rings. The molecule has 0 bridgehead atoms. The first-order valence-electron chi connectivity index (χ1n) is 7.72. The molecule has 2 N–H and O–H groups in total. The van der Waals surface area contributed by atoms with Crippen LogP contribution in [0.15, 0.2) is 47.4 Å². The van der Waals surface area contributed by atoms with Crippen molar-refractivity contribution in [3.8, 4) is 0 Å². The number of carbonyl (C=O) groups excluding carboxylic acids is 2. The molecule has 4 nitrogen and oxygen atoms in total. The zero-order valence-corrected chi connectivity index (χ0v) is 14.5. The molecular formula is C18H17ClN2O2S. The van der Waals surface area contributed by atoms with Crippen LogP contribution in [-0.2, 0) is 17.6 Å². The summed E-state index contributed by atoms with van der Waals surface area (Å²) < 4.78 is 0. The van der Waals surface area contributed by atoms with Crippen molar-refractivity contribution in [2.45, 2.75) is 24.2 Å². The van der Waals surface area contributed by atoms with Gasteiger partial charge in [-0.05, 0) is 54.7 Å². The average molecular weight is 361 g/mol. The summed E-state index contributed by atoms with van der Waals surface area (Å²) in [5.74, 6) is -0.459. The van der Waals surface area contributed by atoms with E-state index in [9.17, 15) is 9.59 Å². The number of rotatable bonds is 4. The van der Waals surface area contributed by atoms with Crippen LogP contribution in [0.1, 0.15) is 27.9 Å². The number of thioether (sulfide) groups is 1. The number of aryl methyl sites for hydroxylation is 2. The van der Waals surface area contributed by atoms with Gasteiger partial charge in [-0.3, -0.25) is 20.4 Å². The molecule has 3 rings (SSSR count). The Kier molecular flexibility index (Phi) is 5.43. The molecule has 0 heterocycles. The summed E-state index contributed by atoms with van der Waals surface area (Å²) in [6.07, 6.45) is 3.47. The maximum atomic E-state index is 12.0. The van der Waals surface area contributed by atoms with Crippen molar-refractivity contribution >= 4 is 35.2 Å². The summed E-state index contributed by atoms with van der Waals surface area (Å²) in [5, 5.41) is 0.344. The molecule has 2 amide bonds. The fourth-order valence-corrected chi connectivity index (χ4v) is 3.64. The minimum atomic E-state index is -0.434. The van der Waals surface area contributed by atoms with E-state index in [-0.39, 0.29) is 11.7 Å². The van der Waals surface area contributed by atoms with E-state index in [0.29, 0.717) is 10.6 Å². The summed E-state index contributed by atoms with van der Waals surface area (Å²) in [4.78, 5) is 24.9. The number of halogens is 1. The molecule has 24 heavy (non-hydrogen) atoms. The predicted octanol–water partition coefficient (Wildman–Crippen LogP) is 3.38. The molecule has 0 radical (unpaired) electrons. The Hall–Kier alpha value is -1.98. The maximum Gasteiger partial charge on any atom is 0.271 e. The smallest absolute Gasteiger partial charge is 0.271 e. The largest absolute Gasteiger partial charge is 0.272 e. The van der Waals surface area contributed by atoms with E-state index in [4.69, 9.17) is 11.6 Å². The first-order chi connectivity index (χ1) is 11.6. The minimum Gasteiger partial charge on any atom is -0.272 e. The Morgan fingerprint density at radius 2 is 1.83 bits per heavy atom. The lowest BCUT2D eigenvalue weighted by Gasteiger charge is -2.09. The second-order valence-corrected chi connectivity index (χ2v) is 7.01. The van der Waals surface area contributed by atoms with E-state index in [2.05, 4.69) is 23.0 Å². The van der Waals surface area contributed by atoms with Gasteiger partial charge in [0.05, 0.1) is 16.3 Å². The van der Waals surface area contributed by atoms with E-state index in [0.717, 1.165) is 17.7 Å². The highest BCUT2D eigenvalue weighted by Crippen LogP contribution is 2.27. The monoisotopic (exact) mass is 360 g/mol. The van der Waals surface area contributed by atoms with E-state index in [1.165, 1.54) is 29.3 Å². The van der Waals surface area contributed by atoms with Crippen LogP contribution < -0.4 is 10.9 Å². The number of nitrogens with one attached hydrogen (secondary N) is 2. The van der Waals surface area contributed by atoms with Gasteiger partial charge in [-0.2, -0.15) is 0 Å². The van der Waals surface area contributed by atoms with Crippen molar-refractivity contribution in [3.63, 3.8) is 0 Å². The number of benzene rings is 2. The Morgan fingerprint density at radius 1 is 1.04 bits per heavy atom.